The van der Waals surface area contributed by atoms with Gasteiger partial charge in [0.2, 0.25) is 0 Å². The first-order chi connectivity index (χ1) is 15.9. The smallest absolute Gasteiger partial charge is 0.343 e. The Labute approximate surface area is 204 Å². The molecular formula is C24H20BrClN2O5. The fourth-order valence-corrected chi connectivity index (χ4v) is 3.06. The van der Waals surface area contributed by atoms with Crippen LogP contribution in [0.25, 0.3) is 0 Å². The number of carbonyl (C=O) groups excluding carboxylic acids is 2. The third kappa shape index (κ3) is 7.62. The van der Waals surface area contributed by atoms with E-state index < -0.39 is 11.9 Å². The highest BCUT2D eigenvalue weighted by molar-refractivity contribution is 9.10. The molecule has 0 heterocycles. The molecule has 170 valence electrons. The Bertz CT molecular complexity index is 1150. The number of nitrogens with zero attached hydrogens (tertiary/aromatic N) is 1. The maximum absolute atomic E-state index is 12.4. The second-order valence-electron chi connectivity index (χ2n) is 6.57. The zero-order valence-electron chi connectivity index (χ0n) is 17.6. The number of hydrazone groups is 1. The molecule has 9 heteroatoms. The molecule has 7 nitrogen and oxygen atoms in total. The van der Waals surface area contributed by atoms with Crippen LogP contribution in [-0.4, -0.2) is 31.3 Å². The van der Waals surface area contributed by atoms with Gasteiger partial charge in [0.25, 0.3) is 5.91 Å². The van der Waals surface area contributed by atoms with Crippen molar-refractivity contribution >= 4 is 45.6 Å². The fourth-order valence-electron chi connectivity index (χ4n) is 2.62. The van der Waals surface area contributed by atoms with Crippen molar-refractivity contribution in [1.29, 1.82) is 0 Å². The van der Waals surface area contributed by atoms with Crippen LogP contribution in [-0.2, 0) is 4.79 Å². The van der Waals surface area contributed by atoms with E-state index >= 15 is 0 Å². The summed E-state index contributed by atoms with van der Waals surface area (Å²) >= 11 is 9.21. The largest absolute Gasteiger partial charge is 0.490 e. The molecule has 0 radical (unpaired) electrons. The van der Waals surface area contributed by atoms with Crippen molar-refractivity contribution in [2.75, 3.05) is 13.2 Å². The van der Waals surface area contributed by atoms with Crippen molar-refractivity contribution in [3.05, 3.63) is 87.4 Å². The quantitative estimate of drug-likeness (QED) is 0.176. The fraction of sp³-hybridized carbons (Fsp3) is 0.125. The second kappa shape index (κ2) is 12.0. The Hall–Kier alpha value is -3.36. The SMILES string of the molecule is CCOc1cc(/C=N\NC(=O)COc2cccc(Cl)c2)ccc1OC(=O)c1ccc(Br)cc1. The molecule has 0 atom stereocenters. The molecule has 3 aromatic rings. The lowest BCUT2D eigenvalue weighted by Crippen LogP contribution is -2.24. The van der Waals surface area contributed by atoms with Crippen LogP contribution < -0.4 is 19.6 Å². The lowest BCUT2D eigenvalue weighted by molar-refractivity contribution is -0.123. The number of nitrogens with one attached hydrogen (secondary N) is 1. The summed E-state index contributed by atoms with van der Waals surface area (Å²) in [6.07, 6.45) is 1.44. The summed E-state index contributed by atoms with van der Waals surface area (Å²) in [5, 5.41) is 4.44. The molecule has 0 saturated carbocycles. The van der Waals surface area contributed by atoms with Gasteiger partial charge in [0.05, 0.1) is 18.4 Å². The Morgan fingerprint density at radius 3 is 2.55 bits per heavy atom. The van der Waals surface area contributed by atoms with Gasteiger partial charge in [0, 0.05) is 9.50 Å². The molecule has 0 spiro atoms. The molecule has 3 rings (SSSR count). The highest BCUT2D eigenvalue weighted by Gasteiger charge is 2.13. The van der Waals surface area contributed by atoms with E-state index in [-0.39, 0.29) is 12.4 Å². The average molecular weight is 532 g/mol. The number of carbonyl (C=O) groups is 2. The van der Waals surface area contributed by atoms with Crippen molar-refractivity contribution in [1.82, 2.24) is 5.43 Å². The summed E-state index contributed by atoms with van der Waals surface area (Å²) in [5.41, 5.74) is 3.43. The van der Waals surface area contributed by atoms with Crippen molar-refractivity contribution in [3.63, 3.8) is 0 Å². The van der Waals surface area contributed by atoms with E-state index in [0.717, 1.165) is 4.47 Å². The van der Waals surface area contributed by atoms with E-state index in [2.05, 4.69) is 26.5 Å². The van der Waals surface area contributed by atoms with Gasteiger partial charge in [0.15, 0.2) is 18.1 Å². The molecule has 1 N–H and O–H groups in total. The Morgan fingerprint density at radius 2 is 1.82 bits per heavy atom. The van der Waals surface area contributed by atoms with Gasteiger partial charge in [-0.2, -0.15) is 5.10 Å². The first-order valence-electron chi connectivity index (χ1n) is 9.89. The van der Waals surface area contributed by atoms with Crippen LogP contribution in [0.1, 0.15) is 22.8 Å². The predicted octanol–water partition coefficient (Wildman–Crippen LogP) is 5.25. The maximum Gasteiger partial charge on any atom is 0.343 e. The van der Waals surface area contributed by atoms with Crippen LogP contribution in [0.2, 0.25) is 5.02 Å². The molecule has 1 amide bonds. The minimum absolute atomic E-state index is 0.215. The topological polar surface area (TPSA) is 86.2 Å². The Balaban J connectivity index is 1.59. The van der Waals surface area contributed by atoms with Crippen LogP contribution >= 0.6 is 27.5 Å². The normalized spacial score (nSPS) is 10.6. The van der Waals surface area contributed by atoms with Crippen molar-refractivity contribution in [2.45, 2.75) is 6.92 Å². The monoisotopic (exact) mass is 530 g/mol. The molecule has 0 aliphatic rings. The summed E-state index contributed by atoms with van der Waals surface area (Å²) in [5.74, 6) is 0.202. The number of amides is 1. The standard InChI is InChI=1S/C24H20BrClN2O5/c1-2-31-22-12-16(6-11-21(22)33-24(30)17-7-9-18(25)10-8-17)14-27-28-23(29)15-32-20-5-3-4-19(26)13-20/h3-14H,2,15H2,1H3,(H,28,29)/b27-14-. The third-order valence-corrected chi connectivity index (χ3v) is 4.88. The number of rotatable bonds is 9. The van der Waals surface area contributed by atoms with E-state index in [9.17, 15) is 9.59 Å². The van der Waals surface area contributed by atoms with E-state index in [1.54, 1.807) is 66.7 Å². The van der Waals surface area contributed by atoms with Crippen LogP contribution in [0.5, 0.6) is 17.2 Å². The highest BCUT2D eigenvalue weighted by Crippen LogP contribution is 2.29. The second-order valence-corrected chi connectivity index (χ2v) is 7.93. The molecule has 0 unspecified atom stereocenters. The van der Waals surface area contributed by atoms with Gasteiger partial charge in [-0.15, -0.1) is 0 Å². The summed E-state index contributed by atoms with van der Waals surface area (Å²) in [6.45, 7) is 1.98. The zero-order valence-corrected chi connectivity index (χ0v) is 19.9. The highest BCUT2D eigenvalue weighted by atomic mass is 79.9. The van der Waals surface area contributed by atoms with Gasteiger partial charge < -0.3 is 14.2 Å². The van der Waals surface area contributed by atoms with Crippen LogP contribution in [0, 0.1) is 0 Å². The van der Waals surface area contributed by atoms with Gasteiger partial charge in [-0.05, 0) is 73.2 Å². The average Bonchev–Trinajstić information content (AvgIpc) is 2.80. The van der Waals surface area contributed by atoms with Crippen LogP contribution in [0.4, 0.5) is 0 Å². The number of hydrogen-bond acceptors (Lipinski definition) is 6. The number of esters is 1. The van der Waals surface area contributed by atoms with E-state index in [1.165, 1.54) is 6.21 Å². The van der Waals surface area contributed by atoms with Crippen molar-refractivity contribution in [3.8, 4) is 17.2 Å². The summed E-state index contributed by atoms with van der Waals surface area (Å²) < 4.78 is 17.3. The zero-order chi connectivity index (χ0) is 23.6. The van der Waals surface area contributed by atoms with Gasteiger partial charge in [-0.3, -0.25) is 4.79 Å². The molecule has 0 aliphatic carbocycles. The number of hydrogen-bond donors (Lipinski definition) is 1. The molecule has 0 bridgehead atoms. The van der Waals surface area contributed by atoms with E-state index in [4.69, 9.17) is 25.8 Å². The first kappa shape index (κ1) is 24.3. The molecule has 33 heavy (non-hydrogen) atoms. The van der Waals surface area contributed by atoms with Gasteiger partial charge in [0.1, 0.15) is 5.75 Å². The molecule has 0 saturated heterocycles. The Morgan fingerprint density at radius 1 is 1.03 bits per heavy atom. The van der Waals surface area contributed by atoms with E-state index in [1.807, 2.05) is 6.92 Å². The number of benzene rings is 3. The van der Waals surface area contributed by atoms with E-state index in [0.29, 0.717) is 34.3 Å². The molecule has 0 aromatic heterocycles. The maximum atomic E-state index is 12.4. The molecular weight excluding hydrogens is 512 g/mol. The summed E-state index contributed by atoms with van der Waals surface area (Å²) in [6, 6.07) is 18.5. The van der Waals surface area contributed by atoms with Gasteiger partial charge in [-0.1, -0.05) is 33.6 Å². The number of halogens is 2. The van der Waals surface area contributed by atoms with Crippen molar-refractivity contribution < 1.29 is 23.8 Å². The van der Waals surface area contributed by atoms with Gasteiger partial charge >= 0.3 is 5.97 Å². The predicted molar refractivity (Wildman–Crippen MR) is 129 cm³/mol. The minimum Gasteiger partial charge on any atom is -0.490 e. The summed E-state index contributed by atoms with van der Waals surface area (Å²) in [4.78, 5) is 24.3. The lowest BCUT2D eigenvalue weighted by Gasteiger charge is -2.11. The van der Waals surface area contributed by atoms with Crippen molar-refractivity contribution in [2.24, 2.45) is 5.10 Å². The van der Waals surface area contributed by atoms with Crippen LogP contribution in [0.15, 0.2) is 76.3 Å². The lowest BCUT2D eigenvalue weighted by atomic mass is 10.2. The first-order valence-corrected chi connectivity index (χ1v) is 11.1. The number of ether oxygens (including phenoxy) is 3. The minimum atomic E-state index is -0.503. The van der Waals surface area contributed by atoms with Gasteiger partial charge in [-0.25, -0.2) is 10.2 Å². The Kier molecular flexibility index (Phi) is 8.86. The molecule has 3 aromatic carbocycles. The summed E-state index contributed by atoms with van der Waals surface area (Å²) in [7, 11) is 0. The molecule has 0 fully saturated rings. The third-order valence-electron chi connectivity index (χ3n) is 4.12. The molecule has 0 aliphatic heterocycles. The van der Waals surface area contributed by atoms with Crippen LogP contribution in [0.3, 0.4) is 0 Å².